The Morgan fingerprint density at radius 1 is 1.21 bits per heavy atom. The van der Waals surface area contributed by atoms with Crippen LogP contribution in [0, 0.1) is 13.8 Å². The molecular formula is C21H21N3O4. The van der Waals surface area contributed by atoms with E-state index in [1.807, 2.05) is 36.6 Å². The summed E-state index contributed by atoms with van der Waals surface area (Å²) in [6, 6.07) is 12.4. The molecule has 3 rings (SSSR count). The van der Waals surface area contributed by atoms with Crippen LogP contribution in [0.15, 0.2) is 58.2 Å². The molecule has 0 aliphatic heterocycles. The maximum Gasteiger partial charge on any atom is 0.338 e. The number of carbonyl (C=O) groups excluding carboxylic acids is 2. The minimum atomic E-state index is -0.412. The highest BCUT2D eigenvalue weighted by atomic mass is 16.5. The second kappa shape index (κ2) is 8.39. The van der Waals surface area contributed by atoms with Crippen molar-refractivity contribution < 1.29 is 18.7 Å². The van der Waals surface area contributed by atoms with Gasteiger partial charge in [0.25, 0.3) is 0 Å². The molecule has 1 N–H and O–H groups in total. The number of amides is 1. The van der Waals surface area contributed by atoms with Gasteiger partial charge in [0, 0.05) is 22.6 Å². The van der Waals surface area contributed by atoms with E-state index in [0.29, 0.717) is 12.2 Å². The van der Waals surface area contributed by atoms with E-state index in [-0.39, 0.29) is 11.7 Å². The zero-order valence-corrected chi connectivity index (χ0v) is 15.9. The van der Waals surface area contributed by atoms with Crippen LogP contribution in [0.1, 0.15) is 44.8 Å². The molecule has 144 valence electrons. The first-order valence-electron chi connectivity index (χ1n) is 8.84. The normalized spacial score (nSPS) is 11.0. The van der Waals surface area contributed by atoms with Crippen molar-refractivity contribution in [2.45, 2.75) is 20.8 Å². The van der Waals surface area contributed by atoms with Crippen LogP contribution in [0.3, 0.4) is 0 Å². The van der Waals surface area contributed by atoms with E-state index in [9.17, 15) is 9.59 Å². The first-order valence-corrected chi connectivity index (χ1v) is 8.84. The average Bonchev–Trinajstić information content (AvgIpc) is 3.31. The van der Waals surface area contributed by atoms with Gasteiger partial charge in [-0.25, -0.2) is 10.2 Å². The van der Waals surface area contributed by atoms with Crippen molar-refractivity contribution in [3.05, 3.63) is 77.0 Å². The van der Waals surface area contributed by atoms with Crippen molar-refractivity contribution in [3.8, 4) is 5.69 Å². The molecule has 1 amide bonds. The third-order valence-corrected chi connectivity index (χ3v) is 4.22. The molecule has 0 saturated heterocycles. The van der Waals surface area contributed by atoms with Crippen LogP contribution in [0.25, 0.3) is 5.69 Å². The number of benzene rings is 1. The number of aryl methyl sites for hydroxylation is 1. The van der Waals surface area contributed by atoms with E-state index in [0.717, 1.165) is 22.6 Å². The molecule has 0 fully saturated rings. The molecule has 0 radical (unpaired) electrons. The van der Waals surface area contributed by atoms with Gasteiger partial charge in [-0.05, 0) is 63.2 Å². The molecule has 0 bridgehead atoms. The Hall–Kier alpha value is -3.61. The lowest BCUT2D eigenvalue weighted by atomic mass is 10.2. The number of nitrogens with zero attached hydrogens (tertiary/aromatic N) is 2. The van der Waals surface area contributed by atoms with Crippen molar-refractivity contribution in [2.24, 2.45) is 5.10 Å². The standard InChI is InChI=1S/C21H21N3O4/c1-4-27-21(26)16-7-9-18(10-8-16)24-14(2)12-17(15(24)3)13-22-23-20(25)19-6-5-11-28-19/h5-13H,4H2,1-3H3,(H,23,25)/b22-13-. The van der Waals surface area contributed by atoms with E-state index >= 15 is 0 Å². The minimum Gasteiger partial charge on any atom is -0.462 e. The fraction of sp³-hybridized carbons (Fsp3) is 0.190. The van der Waals surface area contributed by atoms with Crippen LogP contribution < -0.4 is 5.43 Å². The summed E-state index contributed by atoms with van der Waals surface area (Å²) < 4.78 is 12.1. The number of hydrazone groups is 1. The molecule has 0 aliphatic rings. The van der Waals surface area contributed by atoms with Crippen molar-refractivity contribution in [2.75, 3.05) is 6.61 Å². The lowest BCUT2D eigenvalue weighted by Crippen LogP contribution is -2.16. The summed E-state index contributed by atoms with van der Waals surface area (Å²) in [7, 11) is 0. The molecule has 0 spiro atoms. The van der Waals surface area contributed by atoms with Gasteiger partial charge >= 0.3 is 11.9 Å². The van der Waals surface area contributed by atoms with Gasteiger partial charge in [-0.15, -0.1) is 0 Å². The summed E-state index contributed by atoms with van der Waals surface area (Å²) in [6.45, 7) is 6.06. The fourth-order valence-electron chi connectivity index (χ4n) is 2.90. The second-order valence-electron chi connectivity index (χ2n) is 6.11. The first-order chi connectivity index (χ1) is 13.5. The van der Waals surface area contributed by atoms with Crippen molar-refractivity contribution in [1.82, 2.24) is 9.99 Å². The summed E-state index contributed by atoms with van der Waals surface area (Å²) >= 11 is 0. The van der Waals surface area contributed by atoms with Crippen LogP contribution in [-0.2, 0) is 4.74 Å². The van der Waals surface area contributed by atoms with Gasteiger partial charge in [-0.3, -0.25) is 4.79 Å². The van der Waals surface area contributed by atoms with Crippen LogP contribution in [0.2, 0.25) is 0 Å². The van der Waals surface area contributed by atoms with Gasteiger partial charge in [0.05, 0.1) is 24.6 Å². The zero-order valence-electron chi connectivity index (χ0n) is 15.9. The Balaban J connectivity index is 1.77. The predicted octanol–water partition coefficient (Wildman–Crippen LogP) is 3.63. The van der Waals surface area contributed by atoms with Crippen LogP contribution >= 0.6 is 0 Å². The Labute approximate surface area is 162 Å². The molecule has 3 aromatic rings. The highest BCUT2D eigenvalue weighted by Crippen LogP contribution is 2.20. The fourth-order valence-corrected chi connectivity index (χ4v) is 2.90. The molecule has 7 heteroatoms. The van der Waals surface area contributed by atoms with Gasteiger partial charge in [-0.2, -0.15) is 5.10 Å². The molecule has 2 heterocycles. The highest BCUT2D eigenvalue weighted by Gasteiger charge is 2.12. The lowest BCUT2D eigenvalue weighted by molar-refractivity contribution is 0.0526. The number of esters is 1. The van der Waals surface area contributed by atoms with Crippen molar-refractivity contribution in [3.63, 3.8) is 0 Å². The Kier molecular flexibility index (Phi) is 5.74. The average molecular weight is 379 g/mol. The molecule has 0 unspecified atom stereocenters. The van der Waals surface area contributed by atoms with Gasteiger partial charge < -0.3 is 13.7 Å². The largest absolute Gasteiger partial charge is 0.462 e. The zero-order chi connectivity index (χ0) is 20.1. The Morgan fingerprint density at radius 2 is 1.96 bits per heavy atom. The number of nitrogens with one attached hydrogen (secondary N) is 1. The molecule has 0 atom stereocenters. The molecule has 28 heavy (non-hydrogen) atoms. The summed E-state index contributed by atoms with van der Waals surface area (Å²) in [5, 5.41) is 4.01. The van der Waals surface area contributed by atoms with Gasteiger partial charge in [0.15, 0.2) is 5.76 Å². The molecule has 1 aromatic carbocycles. The SMILES string of the molecule is CCOC(=O)c1ccc(-n2c(C)cc(/C=N\NC(=O)c3ccco3)c2C)cc1. The number of carbonyl (C=O) groups is 2. The molecule has 0 saturated carbocycles. The third kappa shape index (κ3) is 4.03. The third-order valence-electron chi connectivity index (χ3n) is 4.22. The number of ether oxygens (including phenoxy) is 1. The predicted molar refractivity (Wildman–Crippen MR) is 105 cm³/mol. The van der Waals surface area contributed by atoms with Gasteiger partial charge in [0.2, 0.25) is 0 Å². The van der Waals surface area contributed by atoms with E-state index in [4.69, 9.17) is 9.15 Å². The molecule has 7 nitrogen and oxygen atoms in total. The summed E-state index contributed by atoms with van der Waals surface area (Å²) in [5.74, 6) is -0.552. The number of hydrogen-bond acceptors (Lipinski definition) is 5. The minimum absolute atomic E-state index is 0.198. The molecule has 0 aliphatic carbocycles. The summed E-state index contributed by atoms with van der Waals surface area (Å²) in [5.41, 5.74) is 6.69. The topological polar surface area (TPSA) is 85.8 Å². The van der Waals surface area contributed by atoms with E-state index < -0.39 is 5.91 Å². The van der Waals surface area contributed by atoms with E-state index in [1.54, 1.807) is 37.4 Å². The maximum atomic E-state index is 11.8. The Morgan fingerprint density at radius 3 is 2.61 bits per heavy atom. The monoisotopic (exact) mass is 379 g/mol. The summed E-state index contributed by atoms with van der Waals surface area (Å²) in [6.07, 6.45) is 3.02. The van der Waals surface area contributed by atoms with Crippen molar-refractivity contribution in [1.29, 1.82) is 0 Å². The Bertz CT molecular complexity index is 999. The van der Waals surface area contributed by atoms with Crippen LogP contribution in [0.5, 0.6) is 0 Å². The van der Waals surface area contributed by atoms with Gasteiger partial charge in [-0.1, -0.05) is 0 Å². The smallest absolute Gasteiger partial charge is 0.338 e. The summed E-state index contributed by atoms with van der Waals surface area (Å²) in [4.78, 5) is 23.6. The molecular weight excluding hydrogens is 358 g/mol. The van der Waals surface area contributed by atoms with E-state index in [2.05, 4.69) is 10.5 Å². The first kappa shape index (κ1) is 19.2. The number of hydrogen-bond donors (Lipinski definition) is 1. The van der Waals surface area contributed by atoms with Crippen molar-refractivity contribution >= 4 is 18.1 Å². The number of furan rings is 1. The molecule has 2 aromatic heterocycles. The van der Waals surface area contributed by atoms with Gasteiger partial charge in [0.1, 0.15) is 0 Å². The quantitative estimate of drug-likeness (QED) is 0.403. The number of aromatic nitrogens is 1. The lowest BCUT2D eigenvalue weighted by Gasteiger charge is -2.10. The highest BCUT2D eigenvalue weighted by molar-refractivity contribution is 5.92. The van der Waals surface area contributed by atoms with Crippen LogP contribution in [-0.4, -0.2) is 29.3 Å². The number of rotatable bonds is 6. The van der Waals surface area contributed by atoms with E-state index in [1.165, 1.54) is 6.26 Å². The second-order valence-corrected chi connectivity index (χ2v) is 6.11. The maximum absolute atomic E-state index is 11.8. The van der Waals surface area contributed by atoms with Crippen LogP contribution in [0.4, 0.5) is 0 Å².